The van der Waals surface area contributed by atoms with E-state index in [1.165, 1.54) is 10.9 Å². The molecule has 0 aliphatic carbocycles. The van der Waals surface area contributed by atoms with Crippen LogP contribution in [-0.4, -0.2) is 85.1 Å². The summed E-state index contributed by atoms with van der Waals surface area (Å²) in [6.07, 6.45) is 11.5. The SMILES string of the molecule is O=S(=O)(N1CC(CCF)(n2cc(-c3nc(-c4cnn(C5CCOCC5)c4)cc4nccn34)cn2)C1)C(F)(F)F. The van der Waals surface area contributed by atoms with Crippen molar-refractivity contribution in [3.05, 3.63) is 43.2 Å². The van der Waals surface area contributed by atoms with Gasteiger partial charge >= 0.3 is 15.5 Å². The second kappa shape index (κ2) is 9.38. The maximum Gasteiger partial charge on any atom is 0.511 e. The first-order valence-electron chi connectivity index (χ1n) is 12.3. The molecule has 6 heterocycles. The van der Waals surface area contributed by atoms with Gasteiger partial charge in [0.15, 0.2) is 0 Å². The minimum absolute atomic E-state index is 0.197. The summed E-state index contributed by atoms with van der Waals surface area (Å²) in [6, 6.07) is 2.05. The van der Waals surface area contributed by atoms with Gasteiger partial charge in [0.2, 0.25) is 0 Å². The Bertz CT molecular complexity index is 1600. The molecule has 2 aliphatic heterocycles. The highest BCUT2D eigenvalue weighted by Gasteiger charge is 2.58. The Labute approximate surface area is 220 Å². The first-order valence-corrected chi connectivity index (χ1v) is 13.7. The zero-order valence-electron chi connectivity index (χ0n) is 20.5. The quantitative estimate of drug-likeness (QED) is 0.315. The number of fused-ring (bicyclic) bond motifs is 1. The molecule has 0 spiro atoms. The van der Waals surface area contributed by atoms with Crippen molar-refractivity contribution in [3.63, 3.8) is 0 Å². The minimum atomic E-state index is -5.52. The van der Waals surface area contributed by atoms with Gasteiger partial charge in [-0.3, -0.25) is 18.2 Å². The molecule has 0 aromatic carbocycles. The van der Waals surface area contributed by atoms with E-state index in [2.05, 4.69) is 15.2 Å². The van der Waals surface area contributed by atoms with Crippen molar-refractivity contribution in [1.82, 2.24) is 38.2 Å². The Morgan fingerprint density at radius 2 is 1.82 bits per heavy atom. The van der Waals surface area contributed by atoms with Crippen LogP contribution in [0.4, 0.5) is 17.6 Å². The molecule has 16 heteroatoms. The molecular weight excluding hydrogens is 544 g/mol. The highest BCUT2D eigenvalue weighted by Crippen LogP contribution is 2.40. The van der Waals surface area contributed by atoms with Crippen LogP contribution in [-0.2, 0) is 20.3 Å². The van der Waals surface area contributed by atoms with Gasteiger partial charge in [0.25, 0.3) is 0 Å². The number of hydrogen-bond donors (Lipinski definition) is 0. The molecule has 4 aromatic rings. The number of rotatable bonds is 7. The van der Waals surface area contributed by atoms with E-state index < -0.39 is 40.8 Å². The predicted molar refractivity (Wildman–Crippen MR) is 130 cm³/mol. The molecule has 6 rings (SSSR count). The Morgan fingerprint density at radius 3 is 2.54 bits per heavy atom. The Hall–Kier alpha value is -3.37. The van der Waals surface area contributed by atoms with E-state index in [1.54, 1.807) is 29.2 Å². The molecule has 39 heavy (non-hydrogen) atoms. The summed E-state index contributed by atoms with van der Waals surface area (Å²) in [5.41, 5.74) is -4.18. The van der Waals surface area contributed by atoms with Crippen molar-refractivity contribution < 1.29 is 30.7 Å². The van der Waals surface area contributed by atoms with E-state index in [0.29, 0.717) is 40.2 Å². The molecule has 0 N–H and O–H groups in total. The molecule has 11 nitrogen and oxygen atoms in total. The summed E-state index contributed by atoms with van der Waals surface area (Å²) in [5, 5.41) is 8.80. The smallest absolute Gasteiger partial charge is 0.381 e. The standard InChI is InChI=1S/C23H24F4N8O3S/c24-4-3-22(14-32(15-22)39(36,37)23(25,26)27)35-13-17(11-30-35)21-31-19(9-20-28-5-6-33(20)21)16-10-29-34(12-16)18-1-7-38-8-2-18/h5-6,9-13,18H,1-4,7-8,14-15H2. The fourth-order valence-corrected chi connectivity index (χ4v) is 6.23. The maximum atomic E-state index is 13.5. The largest absolute Gasteiger partial charge is 0.511 e. The van der Waals surface area contributed by atoms with Crippen molar-refractivity contribution in [2.75, 3.05) is 33.0 Å². The number of ether oxygens (including phenoxy) is 1. The van der Waals surface area contributed by atoms with E-state index in [1.807, 2.05) is 16.9 Å². The van der Waals surface area contributed by atoms with Crippen molar-refractivity contribution in [2.45, 2.75) is 36.4 Å². The van der Waals surface area contributed by atoms with Crippen LogP contribution in [0.15, 0.2) is 43.2 Å². The van der Waals surface area contributed by atoms with E-state index >= 15 is 0 Å². The van der Waals surface area contributed by atoms with Crippen LogP contribution in [0.5, 0.6) is 0 Å². The lowest BCUT2D eigenvalue weighted by Gasteiger charge is -2.48. The molecule has 0 atom stereocenters. The topological polar surface area (TPSA) is 112 Å². The lowest BCUT2D eigenvalue weighted by molar-refractivity contribution is -0.0576. The lowest BCUT2D eigenvalue weighted by Crippen LogP contribution is -2.66. The molecule has 0 saturated carbocycles. The molecule has 208 valence electrons. The third-order valence-electron chi connectivity index (χ3n) is 7.31. The average molecular weight is 569 g/mol. The fourth-order valence-electron chi connectivity index (χ4n) is 5.11. The number of aromatic nitrogens is 7. The van der Waals surface area contributed by atoms with Crippen LogP contribution in [0, 0.1) is 0 Å². The zero-order chi connectivity index (χ0) is 27.4. The van der Waals surface area contributed by atoms with Crippen molar-refractivity contribution in [3.8, 4) is 22.6 Å². The van der Waals surface area contributed by atoms with E-state index in [9.17, 15) is 26.0 Å². The van der Waals surface area contributed by atoms with Gasteiger partial charge in [-0.2, -0.15) is 27.7 Å². The van der Waals surface area contributed by atoms with Crippen LogP contribution < -0.4 is 0 Å². The van der Waals surface area contributed by atoms with Gasteiger partial charge in [-0.1, -0.05) is 0 Å². The molecule has 0 bridgehead atoms. The van der Waals surface area contributed by atoms with E-state index in [-0.39, 0.29) is 12.5 Å². The summed E-state index contributed by atoms with van der Waals surface area (Å²) in [4.78, 5) is 9.19. The second-order valence-electron chi connectivity index (χ2n) is 9.73. The van der Waals surface area contributed by atoms with Crippen LogP contribution in [0.1, 0.15) is 25.3 Å². The van der Waals surface area contributed by atoms with Crippen LogP contribution in [0.3, 0.4) is 0 Å². The Balaban J connectivity index is 1.32. The van der Waals surface area contributed by atoms with E-state index in [4.69, 9.17) is 9.72 Å². The van der Waals surface area contributed by atoms with Crippen LogP contribution in [0.25, 0.3) is 28.3 Å². The summed E-state index contributed by atoms with van der Waals surface area (Å²) >= 11 is 0. The van der Waals surface area contributed by atoms with Gasteiger partial charge < -0.3 is 4.74 Å². The van der Waals surface area contributed by atoms with Crippen molar-refractivity contribution in [1.29, 1.82) is 0 Å². The van der Waals surface area contributed by atoms with Gasteiger partial charge in [-0.15, -0.1) is 0 Å². The van der Waals surface area contributed by atoms with Crippen molar-refractivity contribution in [2.24, 2.45) is 0 Å². The predicted octanol–water partition coefficient (Wildman–Crippen LogP) is 3.03. The first kappa shape index (κ1) is 25.9. The van der Waals surface area contributed by atoms with Gasteiger partial charge in [-0.05, 0) is 12.8 Å². The van der Waals surface area contributed by atoms with Gasteiger partial charge in [0.05, 0.1) is 41.9 Å². The van der Waals surface area contributed by atoms with Crippen molar-refractivity contribution >= 4 is 15.7 Å². The van der Waals surface area contributed by atoms with Gasteiger partial charge in [-0.25, -0.2) is 18.4 Å². The molecular formula is C23H24F4N8O3S. The summed E-state index contributed by atoms with van der Waals surface area (Å²) < 4.78 is 86.9. The molecule has 2 saturated heterocycles. The molecule has 4 aromatic heterocycles. The summed E-state index contributed by atoms with van der Waals surface area (Å²) in [7, 11) is -5.52. The second-order valence-corrected chi connectivity index (χ2v) is 11.7. The number of hydrogen-bond acceptors (Lipinski definition) is 7. The molecule has 2 fully saturated rings. The summed E-state index contributed by atoms with van der Waals surface area (Å²) in [6.45, 7) is -0.587. The van der Waals surface area contributed by atoms with E-state index in [0.717, 1.165) is 18.4 Å². The highest BCUT2D eigenvalue weighted by molar-refractivity contribution is 7.90. The highest BCUT2D eigenvalue weighted by atomic mass is 32.2. The number of nitrogens with zero attached hydrogens (tertiary/aromatic N) is 8. The number of imidazole rings is 1. The maximum absolute atomic E-state index is 13.5. The first-order chi connectivity index (χ1) is 18.6. The van der Waals surface area contributed by atoms with Crippen LogP contribution >= 0.6 is 0 Å². The molecule has 0 radical (unpaired) electrons. The lowest BCUT2D eigenvalue weighted by atomic mass is 9.89. The Morgan fingerprint density at radius 1 is 1.08 bits per heavy atom. The van der Waals surface area contributed by atoms with Gasteiger partial charge in [0.1, 0.15) is 11.5 Å². The fraction of sp³-hybridized carbons (Fsp3) is 0.478. The normalized spacial score (nSPS) is 19.0. The average Bonchev–Trinajstić information content (AvgIpc) is 3.66. The molecule has 0 amide bonds. The number of sulfonamides is 1. The minimum Gasteiger partial charge on any atom is -0.381 e. The molecule has 2 aliphatic rings. The number of alkyl halides is 4. The Kier molecular flexibility index (Phi) is 6.22. The monoisotopic (exact) mass is 568 g/mol. The summed E-state index contributed by atoms with van der Waals surface area (Å²) in [5.74, 6) is 0.458. The van der Waals surface area contributed by atoms with Gasteiger partial charge in [0, 0.05) is 69.1 Å². The zero-order valence-corrected chi connectivity index (χ0v) is 21.3. The third-order valence-corrected chi connectivity index (χ3v) is 8.84. The third kappa shape index (κ3) is 4.39. The molecule has 0 unspecified atom stereocenters. The number of halogens is 4. The van der Waals surface area contributed by atoms with Crippen LogP contribution in [0.2, 0.25) is 0 Å².